The molecule has 1 amide bonds. The molecule has 3 nitrogen and oxygen atoms in total. The summed E-state index contributed by atoms with van der Waals surface area (Å²) in [5.74, 6) is 0.937. The van der Waals surface area contributed by atoms with E-state index in [1.807, 2.05) is 43.3 Å². The summed E-state index contributed by atoms with van der Waals surface area (Å²) < 4.78 is 6.25. The monoisotopic (exact) mass is 369 g/mol. The fourth-order valence-corrected chi connectivity index (χ4v) is 2.47. The highest BCUT2D eigenvalue weighted by Crippen LogP contribution is 2.12. The van der Waals surface area contributed by atoms with Crippen LogP contribution in [0.5, 0.6) is 0 Å². The standard InChI is InChI=1S/C15H16INO2/c1-11(8-9-12-5-4-10-19-12)17-15(18)13-6-2-3-7-14(13)16/h2-7,10-11H,8-9H2,1H3,(H,17,18). The number of aryl methyl sites for hydroxylation is 1. The second kappa shape index (κ2) is 6.75. The summed E-state index contributed by atoms with van der Waals surface area (Å²) in [4.78, 5) is 12.1. The number of rotatable bonds is 5. The van der Waals surface area contributed by atoms with Gasteiger partial charge in [-0.2, -0.15) is 0 Å². The van der Waals surface area contributed by atoms with Crippen LogP contribution < -0.4 is 5.32 Å². The van der Waals surface area contributed by atoms with Crippen molar-refractivity contribution < 1.29 is 9.21 Å². The number of benzene rings is 1. The number of nitrogens with one attached hydrogen (secondary N) is 1. The van der Waals surface area contributed by atoms with Gasteiger partial charge in [-0.25, -0.2) is 0 Å². The Balaban J connectivity index is 1.87. The average molecular weight is 369 g/mol. The predicted molar refractivity (Wildman–Crippen MR) is 83.1 cm³/mol. The van der Waals surface area contributed by atoms with E-state index in [0.29, 0.717) is 0 Å². The maximum Gasteiger partial charge on any atom is 0.252 e. The molecule has 1 N–H and O–H groups in total. The van der Waals surface area contributed by atoms with Crippen molar-refractivity contribution in [1.82, 2.24) is 5.32 Å². The zero-order valence-corrected chi connectivity index (χ0v) is 12.9. The molecular weight excluding hydrogens is 353 g/mol. The van der Waals surface area contributed by atoms with Crippen molar-refractivity contribution in [3.8, 4) is 0 Å². The Morgan fingerprint density at radius 1 is 1.32 bits per heavy atom. The van der Waals surface area contributed by atoms with Gasteiger partial charge in [0.05, 0.1) is 11.8 Å². The fourth-order valence-electron chi connectivity index (χ4n) is 1.83. The van der Waals surface area contributed by atoms with Crippen LogP contribution in [0.2, 0.25) is 0 Å². The van der Waals surface area contributed by atoms with Crippen molar-refractivity contribution in [2.24, 2.45) is 0 Å². The minimum atomic E-state index is -0.0167. The van der Waals surface area contributed by atoms with Crippen LogP contribution in [0.1, 0.15) is 29.5 Å². The Hall–Kier alpha value is -1.30. The van der Waals surface area contributed by atoms with Crippen molar-refractivity contribution in [3.05, 3.63) is 57.6 Å². The molecule has 2 rings (SSSR count). The number of amides is 1. The van der Waals surface area contributed by atoms with E-state index < -0.39 is 0 Å². The molecule has 100 valence electrons. The molecule has 0 saturated heterocycles. The molecule has 0 fully saturated rings. The minimum absolute atomic E-state index is 0.0167. The lowest BCUT2D eigenvalue weighted by Gasteiger charge is -2.13. The van der Waals surface area contributed by atoms with Crippen LogP contribution in [0, 0.1) is 3.57 Å². The zero-order valence-electron chi connectivity index (χ0n) is 10.7. The third-order valence-corrected chi connectivity index (χ3v) is 3.84. The van der Waals surface area contributed by atoms with Crippen LogP contribution in [0.15, 0.2) is 47.1 Å². The molecule has 19 heavy (non-hydrogen) atoms. The number of hydrogen-bond donors (Lipinski definition) is 1. The second-order valence-electron chi connectivity index (χ2n) is 4.47. The summed E-state index contributed by atoms with van der Waals surface area (Å²) in [6.45, 7) is 2.01. The van der Waals surface area contributed by atoms with Crippen LogP contribution in [0.25, 0.3) is 0 Å². The summed E-state index contributed by atoms with van der Waals surface area (Å²) in [5, 5.41) is 3.01. The molecule has 1 atom stereocenters. The van der Waals surface area contributed by atoms with Crippen LogP contribution in [-0.2, 0) is 6.42 Å². The number of carbonyl (C=O) groups is 1. The van der Waals surface area contributed by atoms with Crippen LogP contribution in [0.4, 0.5) is 0 Å². The third-order valence-electron chi connectivity index (χ3n) is 2.90. The van der Waals surface area contributed by atoms with E-state index in [9.17, 15) is 4.79 Å². The first-order chi connectivity index (χ1) is 9.16. The molecule has 4 heteroatoms. The van der Waals surface area contributed by atoms with E-state index in [-0.39, 0.29) is 11.9 Å². The van der Waals surface area contributed by atoms with Crippen LogP contribution >= 0.6 is 22.6 Å². The molecule has 1 aromatic heterocycles. The SMILES string of the molecule is CC(CCc1ccco1)NC(=O)c1ccccc1I. The van der Waals surface area contributed by atoms with Gasteiger partial charge >= 0.3 is 0 Å². The van der Waals surface area contributed by atoms with Gasteiger partial charge in [0.2, 0.25) is 0 Å². The molecule has 2 aromatic rings. The molecule has 0 aliphatic heterocycles. The molecule has 0 aliphatic carbocycles. The van der Waals surface area contributed by atoms with Gasteiger partial charge in [0.1, 0.15) is 5.76 Å². The van der Waals surface area contributed by atoms with Crippen LogP contribution in [-0.4, -0.2) is 11.9 Å². The Morgan fingerprint density at radius 3 is 2.79 bits per heavy atom. The predicted octanol–water partition coefficient (Wildman–Crippen LogP) is 3.64. The van der Waals surface area contributed by atoms with Gasteiger partial charge < -0.3 is 9.73 Å². The molecule has 0 spiro atoms. The highest BCUT2D eigenvalue weighted by molar-refractivity contribution is 14.1. The van der Waals surface area contributed by atoms with Gasteiger partial charge in [-0.15, -0.1) is 0 Å². The zero-order chi connectivity index (χ0) is 13.7. The lowest BCUT2D eigenvalue weighted by atomic mass is 10.1. The highest BCUT2D eigenvalue weighted by Gasteiger charge is 2.12. The summed E-state index contributed by atoms with van der Waals surface area (Å²) in [5.41, 5.74) is 0.730. The van der Waals surface area contributed by atoms with E-state index >= 15 is 0 Å². The Labute approximate surface area is 126 Å². The minimum Gasteiger partial charge on any atom is -0.469 e. The van der Waals surface area contributed by atoms with Gasteiger partial charge in [-0.1, -0.05) is 12.1 Å². The van der Waals surface area contributed by atoms with E-state index in [1.54, 1.807) is 6.26 Å². The summed E-state index contributed by atoms with van der Waals surface area (Å²) in [7, 11) is 0. The van der Waals surface area contributed by atoms with Crippen molar-refractivity contribution in [1.29, 1.82) is 0 Å². The van der Waals surface area contributed by atoms with Gasteiger partial charge in [-0.05, 0) is 60.2 Å². The van der Waals surface area contributed by atoms with Gasteiger partial charge in [0.15, 0.2) is 0 Å². The average Bonchev–Trinajstić information content (AvgIpc) is 2.90. The molecule has 0 saturated carbocycles. The topological polar surface area (TPSA) is 42.2 Å². The molecule has 1 aromatic carbocycles. The summed E-state index contributed by atoms with van der Waals surface area (Å²) >= 11 is 2.18. The van der Waals surface area contributed by atoms with E-state index in [1.165, 1.54) is 0 Å². The molecule has 1 heterocycles. The largest absolute Gasteiger partial charge is 0.469 e. The van der Waals surface area contributed by atoms with Gasteiger partial charge in [0, 0.05) is 16.0 Å². The van der Waals surface area contributed by atoms with Crippen molar-refractivity contribution in [3.63, 3.8) is 0 Å². The second-order valence-corrected chi connectivity index (χ2v) is 5.63. The van der Waals surface area contributed by atoms with Crippen molar-refractivity contribution in [2.45, 2.75) is 25.8 Å². The van der Waals surface area contributed by atoms with E-state index in [0.717, 1.165) is 27.7 Å². The first-order valence-corrected chi connectivity index (χ1v) is 7.32. The molecule has 0 radical (unpaired) electrons. The smallest absolute Gasteiger partial charge is 0.252 e. The number of hydrogen-bond acceptors (Lipinski definition) is 2. The Kier molecular flexibility index (Phi) is 5.01. The van der Waals surface area contributed by atoms with Crippen molar-refractivity contribution >= 4 is 28.5 Å². The normalized spacial score (nSPS) is 12.1. The summed E-state index contributed by atoms with van der Waals surface area (Å²) in [6, 6.07) is 11.5. The first-order valence-electron chi connectivity index (χ1n) is 6.24. The number of carbonyl (C=O) groups excluding carboxylic acids is 1. The molecule has 0 bridgehead atoms. The fraction of sp³-hybridized carbons (Fsp3) is 0.267. The quantitative estimate of drug-likeness (QED) is 0.818. The lowest BCUT2D eigenvalue weighted by Crippen LogP contribution is -2.33. The Morgan fingerprint density at radius 2 is 2.11 bits per heavy atom. The van der Waals surface area contributed by atoms with E-state index in [2.05, 4.69) is 27.9 Å². The molecule has 1 unspecified atom stereocenters. The molecular formula is C15H16INO2. The molecule has 0 aliphatic rings. The lowest BCUT2D eigenvalue weighted by molar-refractivity contribution is 0.0937. The number of halogens is 1. The van der Waals surface area contributed by atoms with Gasteiger partial charge in [-0.3, -0.25) is 4.79 Å². The highest BCUT2D eigenvalue weighted by atomic mass is 127. The maximum absolute atomic E-state index is 12.1. The third kappa shape index (κ3) is 4.09. The van der Waals surface area contributed by atoms with Crippen molar-refractivity contribution in [2.75, 3.05) is 0 Å². The summed E-state index contributed by atoms with van der Waals surface area (Å²) in [6.07, 6.45) is 3.37. The van der Waals surface area contributed by atoms with Gasteiger partial charge in [0.25, 0.3) is 5.91 Å². The first kappa shape index (κ1) is 14.1. The number of furan rings is 1. The van der Waals surface area contributed by atoms with E-state index in [4.69, 9.17) is 4.42 Å². The maximum atomic E-state index is 12.1. The Bertz CT molecular complexity index is 537. The van der Waals surface area contributed by atoms with Crippen LogP contribution in [0.3, 0.4) is 0 Å².